The lowest BCUT2D eigenvalue weighted by Crippen LogP contribution is -1.90. The van der Waals surface area contributed by atoms with Crippen LogP contribution >= 0.6 is 23.5 Å². The fourth-order valence-corrected chi connectivity index (χ4v) is 3.00. The van der Waals surface area contributed by atoms with Crippen molar-refractivity contribution in [3.63, 3.8) is 0 Å². The van der Waals surface area contributed by atoms with Crippen molar-refractivity contribution in [2.45, 2.75) is 74.3 Å². The maximum Gasteiger partial charge on any atom is 0.276 e. The summed E-state index contributed by atoms with van der Waals surface area (Å²) in [5.74, 6) is 1.40. The fourth-order valence-electron chi connectivity index (χ4n) is 1.73. The summed E-state index contributed by atoms with van der Waals surface area (Å²) < 4.78 is 11.2. The number of thioether (sulfide) groups is 2. The number of rotatable bonds is 9. The second kappa shape index (κ2) is 8.57. The first-order valence-corrected chi connectivity index (χ1v) is 9.27. The van der Waals surface area contributed by atoms with Crippen molar-refractivity contribution in [3.8, 4) is 0 Å². The molecule has 0 saturated heterocycles. The van der Waals surface area contributed by atoms with Gasteiger partial charge in [0.1, 0.15) is 0 Å². The quantitative estimate of drug-likeness (QED) is 0.499. The van der Waals surface area contributed by atoms with Crippen molar-refractivity contribution in [1.29, 1.82) is 0 Å². The average molecular weight is 342 g/mol. The predicted molar refractivity (Wildman–Crippen MR) is 87.2 cm³/mol. The number of unbranched alkanes of at least 4 members (excludes halogenated alkanes) is 1. The molecule has 0 spiro atoms. The number of aryl methyl sites for hydroxylation is 2. The van der Waals surface area contributed by atoms with E-state index < -0.39 is 0 Å². The first-order chi connectivity index (χ1) is 10.5. The summed E-state index contributed by atoms with van der Waals surface area (Å²) in [7, 11) is 0. The van der Waals surface area contributed by atoms with E-state index in [0.717, 1.165) is 25.7 Å². The molecule has 8 heteroatoms. The average Bonchev–Trinajstić information content (AvgIpc) is 3.03. The van der Waals surface area contributed by atoms with Gasteiger partial charge in [0, 0.05) is 23.3 Å². The van der Waals surface area contributed by atoms with Gasteiger partial charge in [0.25, 0.3) is 10.4 Å². The molecule has 2 aromatic heterocycles. The van der Waals surface area contributed by atoms with E-state index in [1.54, 1.807) is 23.5 Å². The lowest BCUT2D eigenvalue weighted by Gasteiger charge is -1.98. The lowest BCUT2D eigenvalue weighted by atomic mass is 10.2. The Bertz CT molecular complexity index is 518. The van der Waals surface area contributed by atoms with Gasteiger partial charge in [0.2, 0.25) is 11.8 Å². The van der Waals surface area contributed by atoms with Gasteiger partial charge in [-0.15, -0.1) is 20.4 Å². The van der Waals surface area contributed by atoms with Gasteiger partial charge >= 0.3 is 0 Å². The molecule has 0 radical (unpaired) electrons. The van der Waals surface area contributed by atoms with Gasteiger partial charge in [-0.2, -0.15) is 0 Å². The van der Waals surface area contributed by atoms with Crippen molar-refractivity contribution < 1.29 is 8.83 Å². The molecule has 0 atom stereocenters. The van der Waals surface area contributed by atoms with Crippen LogP contribution in [0.25, 0.3) is 0 Å². The van der Waals surface area contributed by atoms with Crippen LogP contribution in [0.1, 0.15) is 52.3 Å². The fraction of sp³-hybridized carbons (Fsp3) is 0.714. The third-order valence-corrected chi connectivity index (χ3v) is 4.28. The summed E-state index contributed by atoms with van der Waals surface area (Å²) in [6.07, 6.45) is 3.49. The number of hydrogen-bond acceptors (Lipinski definition) is 8. The molecule has 0 aliphatic heterocycles. The van der Waals surface area contributed by atoms with Crippen molar-refractivity contribution >= 4 is 23.5 Å². The van der Waals surface area contributed by atoms with E-state index in [-0.39, 0.29) is 0 Å². The molecule has 0 saturated carbocycles. The number of nitrogens with zero attached hydrogens (tertiary/aromatic N) is 4. The zero-order chi connectivity index (χ0) is 15.9. The Balaban J connectivity index is 1.68. The van der Waals surface area contributed by atoms with Crippen molar-refractivity contribution in [1.82, 2.24) is 20.4 Å². The highest BCUT2D eigenvalue weighted by Crippen LogP contribution is 2.22. The first kappa shape index (κ1) is 17.3. The summed E-state index contributed by atoms with van der Waals surface area (Å²) >= 11 is 3.17. The van der Waals surface area contributed by atoms with E-state index >= 15 is 0 Å². The van der Waals surface area contributed by atoms with Crippen molar-refractivity contribution in [2.75, 3.05) is 0 Å². The Kier molecular flexibility index (Phi) is 6.75. The van der Waals surface area contributed by atoms with Gasteiger partial charge in [-0.1, -0.05) is 51.2 Å². The second-order valence-corrected chi connectivity index (χ2v) is 8.52. The largest absolute Gasteiger partial charge is 0.416 e. The molecule has 22 heavy (non-hydrogen) atoms. The summed E-state index contributed by atoms with van der Waals surface area (Å²) in [5, 5.41) is 18.4. The van der Waals surface area contributed by atoms with Crippen molar-refractivity contribution in [2.24, 2.45) is 0 Å². The normalized spacial score (nSPS) is 11.7. The van der Waals surface area contributed by atoms with E-state index in [1.807, 2.05) is 0 Å². The minimum absolute atomic E-state index is 0.448. The molecule has 0 aliphatic rings. The maximum atomic E-state index is 5.58. The molecule has 2 heterocycles. The Morgan fingerprint density at radius 2 is 1.14 bits per heavy atom. The Labute approximate surface area is 139 Å². The van der Waals surface area contributed by atoms with Crippen LogP contribution in [-0.4, -0.2) is 30.9 Å². The molecular formula is C14H22N4O2S2. The molecule has 0 amide bonds. The molecule has 0 bridgehead atoms. The molecule has 2 aromatic rings. The van der Waals surface area contributed by atoms with E-state index in [9.17, 15) is 0 Å². The molecule has 0 aromatic carbocycles. The summed E-state index contributed by atoms with van der Waals surface area (Å²) in [6, 6.07) is 0. The zero-order valence-corrected chi connectivity index (χ0v) is 15.0. The highest BCUT2D eigenvalue weighted by atomic mass is 32.2. The van der Waals surface area contributed by atoms with Crippen LogP contribution in [0, 0.1) is 0 Å². The van der Waals surface area contributed by atoms with Crippen LogP contribution in [0.4, 0.5) is 0 Å². The van der Waals surface area contributed by atoms with E-state index in [2.05, 4.69) is 48.1 Å². The standard InChI is InChI=1S/C14H22N4O2S2/c1-9(2)21-13-17-15-11(19-13)7-5-6-8-12-16-18-14(20-12)22-10(3)4/h9-10H,5-8H2,1-4H3. The summed E-state index contributed by atoms with van der Waals surface area (Å²) in [5.41, 5.74) is 0. The maximum absolute atomic E-state index is 5.58. The van der Waals surface area contributed by atoms with E-state index in [4.69, 9.17) is 8.83 Å². The zero-order valence-electron chi connectivity index (χ0n) is 13.4. The Morgan fingerprint density at radius 3 is 1.50 bits per heavy atom. The van der Waals surface area contributed by atoms with Crippen LogP contribution in [0.5, 0.6) is 0 Å². The van der Waals surface area contributed by atoms with Gasteiger partial charge in [0.15, 0.2) is 0 Å². The van der Waals surface area contributed by atoms with Crippen molar-refractivity contribution in [3.05, 3.63) is 11.8 Å². The summed E-state index contributed by atoms with van der Waals surface area (Å²) in [4.78, 5) is 0. The van der Waals surface area contributed by atoms with Crippen LogP contribution < -0.4 is 0 Å². The van der Waals surface area contributed by atoms with E-state index in [1.165, 1.54) is 0 Å². The van der Waals surface area contributed by atoms with Crippen LogP contribution in [-0.2, 0) is 12.8 Å². The highest BCUT2D eigenvalue weighted by Gasteiger charge is 2.10. The highest BCUT2D eigenvalue weighted by molar-refractivity contribution is 7.99. The summed E-state index contributed by atoms with van der Waals surface area (Å²) in [6.45, 7) is 8.41. The molecule has 0 fully saturated rings. The predicted octanol–water partition coefficient (Wildman–Crippen LogP) is 4.02. The van der Waals surface area contributed by atoms with Gasteiger partial charge in [-0.3, -0.25) is 0 Å². The topological polar surface area (TPSA) is 77.8 Å². The molecule has 0 N–H and O–H groups in total. The van der Waals surface area contributed by atoms with Gasteiger partial charge in [0.05, 0.1) is 0 Å². The SMILES string of the molecule is CC(C)Sc1nnc(CCCCc2nnc(SC(C)C)o2)o1. The minimum Gasteiger partial charge on any atom is -0.416 e. The van der Waals surface area contributed by atoms with Crippen LogP contribution in [0.3, 0.4) is 0 Å². The molecule has 0 unspecified atom stereocenters. The Hall–Kier alpha value is -1.02. The van der Waals surface area contributed by atoms with Gasteiger partial charge in [-0.25, -0.2) is 0 Å². The second-order valence-electron chi connectivity index (χ2n) is 5.46. The number of hydrogen-bond donors (Lipinski definition) is 0. The third kappa shape index (κ3) is 6.00. The van der Waals surface area contributed by atoms with Crippen LogP contribution in [0.15, 0.2) is 19.3 Å². The molecular weight excluding hydrogens is 320 g/mol. The minimum atomic E-state index is 0.448. The van der Waals surface area contributed by atoms with Gasteiger partial charge in [-0.05, 0) is 12.8 Å². The lowest BCUT2D eigenvalue weighted by molar-refractivity contribution is 0.394. The smallest absolute Gasteiger partial charge is 0.276 e. The molecule has 2 rings (SSSR count). The van der Waals surface area contributed by atoms with Gasteiger partial charge < -0.3 is 8.83 Å². The molecule has 122 valence electrons. The number of aromatic nitrogens is 4. The first-order valence-electron chi connectivity index (χ1n) is 7.51. The van der Waals surface area contributed by atoms with E-state index in [0.29, 0.717) is 32.7 Å². The molecule has 0 aliphatic carbocycles. The Morgan fingerprint density at radius 1 is 0.727 bits per heavy atom. The van der Waals surface area contributed by atoms with Crippen LogP contribution in [0.2, 0.25) is 0 Å². The third-order valence-electron chi connectivity index (χ3n) is 2.60. The monoisotopic (exact) mass is 342 g/mol. The molecule has 6 nitrogen and oxygen atoms in total.